The molecule has 0 fully saturated rings. The zero-order valence-corrected chi connectivity index (χ0v) is 14.2. The molecular weight excluding hydrogens is 326 g/mol. The Morgan fingerprint density at radius 3 is 2.42 bits per heavy atom. The molecule has 24 heavy (non-hydrogen) atoms. The second-order valence-electron chi connectivity index (χ2n) is 5.56. The third-order valence-electron chi connectivity index (χ3n) is 3.54. The first-order valence-electron chi connectivity index (χ1n) is 7.38. The molecule has 0 spiro atoms. The number of aryl methyl sites for hydroxylation is 2. The molecule has 0 atom stereocenters. The van der Waals surface area contributed by atoms with Crippen LogP contribution in [0.25, 0.3) is 0 Å². The average molecular weight is 343 g/mol. The van der Waals surface area contributed by atoms with Crippen molar-refractivity contribution in [1.29, 1.82) is 0 Å². The van der Waals surface area contributed by atoms with Crippen molar-refractivity contribution in [1.82, 2.24) is 10.2 Å². The van der Waals surface area contributed by atoms with Gasteiger partial charge in [0.2, 0.25) is 9.84 Å². The third kappa shape index (κ3) is 3.62. The van der Waals surface area contributed by atoms with E-state index in [0.717, 1.165) is 16.8 Å². The van der Waals surface area contributed by atoms with E-state index in [2.05, 4.69) is 15.5 Å². The third-order valence-corrected chi connectivity index (χ3v) is 4.95. The number of benzene rings is 2. The molecule has 0 amide bonds. The minimum atomic E-state index is -3.69. The van der Waals surface area contributed by atoms with Crippen LogP contribution in [0.5, 0.6) is 0 Å². The molecule has 7 heteroatoms. The van der Waals surface area contributed by atoms with E-state index in [1.54, 1.807) is 12.1 Å². The van der Waals surface area contributed by atoms with Crippen molar-refractivity contribution in [2.24, 2.45) is 0 Å². The summed E-state index contributed by atoms with van der Waals surface area (Å²) >= 11 is 0. The van der Waals surface area contributed by atoms with E-state index in [4.69, 9.17) is 4.42 Å². The van der Waals surface area contributed by atoms with Gasteiger partial charge < -0.3 is 9.73 Å². The van der Waals surface area contributed by atoms with Gasteiger partial charge in [-0.2, -0.15) is 0 Å². The van der Waals surface area contributed by atoms with Gasteiger partial charge in [0.25, 0.3) is 0 Å². The Kier molecular flexibility index (Phi) is 4.35. The minimum Gasteiger partial charge on any atom is -0.394 e. The van der Waals surface area contributed by atoms with Gasteiger partial charge in [-0.25, -0.2) is 8.42 Å². The summed E-state index contributed by atoms with van der Waals surface area (Å²) < 4.78 is 30.1. The standard InChI is InChI=1S/C17H17N3O3S/c1-12-7-9-14(10-8-12)11-24(21,22)17-20-19-16(23-17)18-15-6-4-3-5-13(15)2/h3-10H,11H2,1-2H3,(H,18,19). The second-order valence-corrected chi connectivity index (χ2v) is 7.43. The van der Waals surface area contributed by atoms with Crippen LogP contribution in [0.2, 0.25) is 0 Å². The van der Waals surface area contributed by atoms with Crippen LogP contribution in [-0.2, 0) is 15.6 Å². The molecule has 0 radical (unpaired) electrons. The van der Waals surface area contributed by atoms with Crippen LogP contribution >= 0.6 is 0 Å². The summed E-state index contributed by atoms with van der Waals surface area (Å²) in [5.41, 5.74) is 3.51. The van der Waals surface area contributed by atoms with Gasteiger partial charge in [0.15, 0.2) is 0 Å². The Balaban J connectivity index is 1.79. The first kappa shape index (κ1) is 16.2. The van der Waals surface area contributed by atoms with Gasteiger partial charge in [-0.15, -0.1) is 0 Å². The highest BCUT2D eigenvalue weighted by Crippen LogP contribution is 2.22. The maximum Gasteiger partial charge on any atom is 0.337 e. The quantitative estimate of drug-likeness (QED) is 0.764. The van der Waals surface area contributed by atoms with Crippen LogP contribution in [0.4, 0.5) is 11.7 Å². The first-order valence-corrected chi connectivity index (χ1v) is 9.04. The van der Waals surface area contributed by atoms with Gasteiger partial charge in [0, 0.05) is 5.69 Å². The Morgan fingerprint density at radius 1 is 1.00 bits per heavy atom. The molecule has 0 saturated heterocycles. The van der Waals surface area contributed by atoms with Crippen LogP contribution < -0.4 is 5.32 Å². The molecular formula is C17H17N3O3S. The predicted octanol–water partition coefficient (Wildman–Crippen LogP) is 3.40. The summed E-state index contributed by atoms with van der Waals surface area (Å²) in [5, 5.41) is 9.97. The smallest absolute Gasteiger partial charge is 0.337 e. The van der Waals surface area contributed by atoms with Crippen LogP contribution in [-0.4, -0.2) is 18.6 Å². The van der Waals surface area contributed by atoms with E-state index in [1.165, 1.54) is 0 Å². The fourth-order valence-electron chi connectivity index (χ4n) is 2.18. The minimum absolute atomic E-state index is 0.0479. The van der Waals surface area contributed by atoms with Gasteiger partial charge in [-0.3, -0.25) is 0 Å². The zero-order chi connectivity index (χ0) is 17.2. The number of hydrogen-bond acceptors (Lipinski definition) is 6. The monoisotopic (exact) mass is 343 g/mol. The van der Waals surface area contributed by atoms with Crippen molar-refractivity contribution in [3.05, 3.63) is 65.2 Å². The van der Waals surface area contributed by atoms with Crippen LogP contribution in [0, 0.1) is 13.8 Å². The van der Waals surface area contributed by atoms with E-state index >= 15 is 0 Å². The highest BCUT2D eigenvalue weighted by atomic mass is 32.2. The molecule has 0 aliphatic carbocycles. The van der Waals surface area contributed by atoms with Crippen LogP contribution in [0.3, 0.4) is 0 Å². The second kappa shape index (κ2) is 6.45. The van der Waals surface area contributed by atoms with E-state index in [-0.39, 0.29) is 17.0 Å². The van der Waals surface area contributed by atoms with Crippen LogP contribution in [0.1, 0.15) is 16.7 Å². The van der Waals surface area contributed by atoms with Gasteiger partial charge >= 0.3 is 11.2 Å². The lowest BCUT2D eigenvalue weighted by Gasteiger charge is -2.04. The molecule has 0 saturated carbocycles. The maximum atomic E-state index is 12.4. The van der Waals surface area contributed by atoms with Crippen molar-refractivity contribution in [3.63, 3.8) is 0 Å². The Hall–Kier alpha value is -2.67. The highest BCUT2D eigenvalue weighted by Gasteiger charge is 2.23. The lowest BCUT2D eigenvalue weighted by molar-refractivity contribution is 0.442. The van der Waals surface area contributed by atoms with Gasteiger partial charge in [0.05, 0.1) is 5.75 Å². The van der Waals surface area contributed by atoms with Crippen LogP contribution in [0.15, 0.2) is 58.2 Å². The number of nitrogens with one attached hydrogen (secondary N) is 1. The fraction of sp³-hybridized carbons (Fsp3) is 0.176. The number of para-hydroxylation sites is 1. The first-order chi connectivity index (χ1) is 11.4. The average Bonchev–Trinajstić information content (AvgIpc) is 3.01. The number of hydrogen-bond donors (Lipinski definition) is 1. The Morgan fingerprint density at radius 2 is 1.71 bits per heavy atom. The summed E-state index contributed by atoms with van der Waals surface area (Å²) in [7, 11) is -3.69. The number of nitrogens with zero attached hydrogens (tertiary/aromatic N) is 2. The lowest BCUT2D eigenvalue weighted by atomic mass is 10.2. The molecule has 6 nitrogen and oxygen atoms in total. The van der Waals surface area contributed by atoms with Gasteiger partial charge in [-0.1, -0.05) is 58.2 Å². The molecule has 3 rings (SSSR count). The Bertz CT molecular complexity index is 947. The molecule has 0 aliphatic rings. The number of aromatic nitrogens is 2. The van der Waals surface area contributed by atoms with Crippen molar-refractivity contribution in [2.45, 2.75) is 24.8 Å². The van der Waals surface area contributed by atoms with Gasteiger partial charge in [0.1, 0.15) is 0 Å². The Labute approximate surface area is 140 Å². The zero-order valence-electron chi connectivity index (χ0n) is 13.4. The summed E-state index contributed by atoms with van der Waals surface area (Å²) in [4.78, 5) is 0. The van der Waals surface area contributed by atoms with E-state index in [0.29, 0.717) is 5.56 Å². The molecule has 124 valence electrons. The maximum absolute atomic E-state index is 12.4. The topological polar surface area (TPSA) is 85.1 Å². The molecule has 1 aromatic heterocycles. The molecule has 3 aromatic rings. The van der Waals surface area contributed by atoms with E-state index < -0.39 is 9.84 Å². The summed E-state index contributed by atoms with van der Waals surface area (Å²) in [6.07, 6.45) is 0. The highest BCUT2D eigenvalue weighted by molar-refractivity contribution is 7.90. The molecule has 0 bridgehead atoms. The number of sulfone groups is 1. The van der Waals surface area contributed by atoms with Crippen molar-refractivity contribution in [2.75, 3.05) is 5.32 Å². The summed E-state index contributed by atoms with van der Waals surface area (Å²) in [5.74, 6) is -0.181. The summed E-state index contributed by atoms with van der Waals surface area (Å²) in [6.45, 7) is 3.87. The molecule has 1 N–H and O–H groups in total. The number of rotatable bonds is 5. The fourth-order valence-corrected chi connectivity index (χ4v) is 3.31. The molecule has 0 unspecified atom stereocenters. The van der Waals surface area contributed by atoms with E-state index in [9.17, 15) is 8.42 Å². The SMILES string of the molecule is Cc1ccc(CS(=O)(=O)c2nnc(Nc3ccccc3C)o2)cc1. The normalized spacial score (nSPS) is 11.4. The number of anilines is 2. The lowest BCUT2D eigenvalue weighted by Crippen LogP contribution is -2.05. The molecule has 0 aliphatic heterocycles. The van der Waals surface area contributed by atoms with Gasteiger partial charge in [-0.05, 0) is 31.0 Å². The summed E-state index contributed by atoms with van der Waals surface area (Å²) in [6, 6.07) is 14.9. The van der Waals surface area contributed by atoms with Crippen molar-refractivity contribution >= 4 is 21.5 Å². The molecule has 1 heterocycles. The van der Waals surface area contributed by atoms with Crippen molar-refractivity contribution in [3.8, 4) is 0 Å². The van der Waals surface area contributed by atoms with E-state index in [1.807, 2.05) is 50.2 Å². The predicted molar refractivity (Wildman–Crippen MR) is 90.8 cm³/mol. The van der Waals surface area contributed by atoms with Crippen molar-refractivity contribution < 1.29 is 12.8 Å². The molecule has 2 aromatic carbocycles. The largest absolute Gasteiger partial charge is 0.394 e.